The van der Waals surface area contributed by atoms with Crippen molar-refractivity contribution >= 4 is 11.7 Å². The van der Waals surface area contributed by atoms with Gasteiger partial charge in [0.15, 0.2) is 0 Å². The van der Waals surface area contributed by atoms with Crippen LogP contribution in [0.1, 0.15) is 41.5 Å². The number of urea groups is 1. The molecule has 0 bridgehead atoms. The molecule has 0 atom stereocenters. The summed E-state index contributed by atoms with van der Waals surface area (Å²) in [5, 5.41) is 12.5. The number of carbonyl (C=O) groups excluding carboxylic acids is 1. The maximum absolute atomic E-state index is 13.9. The van der Waals surface area contributed by atoms with E-state index in [1.54, 1.807) is 11.1 Å². The van der Waals surface area contributed by atoms with Crippen LogP contribution in [0.15, 0.2) is 89.5 Å². The second-order valence-corrected chi connectivity index (χ2v) is 8.87. The van der Waals surface area contributed by atoms with Crippen LogP contribution in [0.4, 0.5) is 10.5 Å². The number of aromatic nitrogens is 3. The predicted octanol–water partition coefficient (Wildman–Crippen LogP) is 5.65. The Balaban J connectivity index is 1.50. The molecule has 1 saturated heterocycles. The predicted molar refractivity (Wildman–Crippen MR) is 138 cm³/mol. The Labute approximate surface area is 211 Å². The van der Waals surface area contributed by atoms with Crippen molar-refractivity contribution in [3.63, 3.8) is 0 Å². The second kappa shape index (κ2) is 10.1. The molecule has 4 aromatic rings. The smallest absolute Gasteiger partial charge is 0.349 e. The minimum absolute atomic E-state index is 0.105. The van der Waals surface area contributed by atoms with Crippen molar-refractivity contribution < 1.29 is 9.32 Å². The van der Waals surface area contributed by atoms with Gasteiger partial charge in [-0.25, -0.2) is 14.7 Å². The van der Waals surface area contributed by atoms with Gasteiger partial charge in [0.1, 0.15) is 11.6 Å². The van der Waals surface area contributed by atoms with Crippen molar-refractivity contribution in [2.75, 3.05) is 4.90 Å². The third-order valence-corrected chi connectivity index (χ3v) is 6.31. The van der Waals surface area contributed by atoms with Crippen molar-refractivity contribution in [3.8, 4) is 0 Å². The highest BCUT2D eigenvalue weighted by Crippen LogP contribution is 2.34. The van der Waals surface area contributed by atoms with E-state index in [0.717, 1.165) is 46.1 Å². The third-order valence-electron chi connectivity index (χ3n) is 6.31. The largest absolute Gasteiger partial charge is 0.361 e. The quantitative estimate of drug-likeness (QED) is 0.325. The monoisotopic (exact) mass is 482 g/mol. The molecule has 0 aliphatic carbocycles. The van der Waals surface area contributed by atoms with Gasteiger partial charge in [0.05, 0.1) is 37.2 Å². The van der Waals surface area contributed by atoms with Crippen LogP contribution in [-0.4, -0.2) is 31.0 Å². The summed E-state index contributed by atoms with van der Waals surface area (Å²) in [5.74, 6) is 1.61. The first kappa shape index (κ1) is 23.4. The number of benzene rings is 2. The first-order chi connectivity index (χ1) is 17.5. The standard InChI is InChI=1S/C28H30N6O2/c1-4-11-27-32(17-23-12-7-5-8-13-23)33(18-24-14-9-6-10-15-24)28(35)34(27)25-16-29-31(19-25)20-26-21(2)30-36-22(26)3/h5-16,19H,4,17-18,20H2,1-3H3. The van der Waals surface area contributed by atoms with Crippen LogP contribution in [0.5, 0.6) is 0 Å². The van der Waals surface area contributed by atoms with Crippen LogP contribution in [0, 0.1) is 13.8 Å². The summed E-state index contributed by atoms with van der Waals surface area (Å²) in [6, 6.07) is 20.2. The zero-order valence-electron chi connectivity index (χ0n) is 20.8. The van der Waals surface area contributed by atoms with Crippen LogP contribution in [-0.2, 0) is 19.6 Å². The molecule has 8 heteroatoms. The highest BCUT2D eigenvalue weighted by molar-refractivity contribution is 5.97. The number of anilines is 1. The molecule has 5 rings (SSSR count). The minimum atomic E-state index is -0.105. The number of carbonyl (C=O) groups is 1. The van der Waals surface area contributed by atoms with Crippen LogP contribution in [0.3, 0.4) is 0 Å². The molecule has 1 aliphatic heterocycles. The molecule has 0 N–H and O–H groups in total. The normalized spacial score (nSPS) is 14.9. The Morgan fingerprint density at radius 1 is 0.889 bits per heavy atom. The fourth-order valence-electron chi connectivity index (χ4n) is 4.45. The number of hydrazine groups is 1. The summed E-state index contributed by atoms with van der Waals surface area (Å²) >= 11 is 0. The van der Waals surface area contributed by atoms with Crippen LogP contribution >= 0.6 is 0 Å². The molecule has 1 fully saturated rings. The molecular weight excluding hydrogens is 452 g/mol. The maximum atomic E-state index is 13.9. The average Bonchev–Trinajstić information content (AvgIpc) is 3.55. The highest BCUT2D eigenvalue weighted by Gasteiger charge is 2.41. The van der Waals surface area contributed by atoms with E-state index < -0.39 is 0 Å². The van der Waals surface area contributed by atoms with Crippen molar-refractivity contribution in [3.05, 3.63) is 113 Å². The number of nitrogens with zero attached hydrogens (tertiary/aromatic N) is 6. The van der Waals surface area contributed by atoms with E-state index in [4.69, 9.17) is 4.52 Å². The number of rotatable bonds is 8. The summed E-state index contributed by atoms with van der Waals surface area (Å²) in [6.07, 6.45) is 6.53. The summed E-state index contributed by atoms with van der Waals surface area (Å²) < 4.78 is 7.12. The van der Waals surface area contributed by atoms with E-state index in [2.05, 4.69) is 40.4 Å². The van der Waals surface area contributed by atoms with E-state index in [1.165, 1.54) is 0 Å². The molecule has 3 heterocycles. The molecule has 1 aliphatic rings. The zero-order chi connectivity index (χ0) is 25.1. The molecule has 2 aromatic heterocycles. The van der Waals surface area contributed by atoms with E-state index >= 15 is 0 Å². The van der Waals surface area contributed by atoms with Gasteiger partial charge in [-0.2, -0.15) is 5.10 Å². The van der Waals surface area contributed by atoms with Gasteiger partial charge in [0, 0.05) is 11.8 Å². The van der Waals surface area contributed by atoms with Gasteiger partial charge in [-0.1, -0.05) is 72.7 Å². The Bertz CT molecular complexity index is 1340. The van der Waals surface area contributed by atoms with Gasteiger partial charge in [-0.3, -0.25) is 9.69 Å². The number of hydrogen-bond donors (Lipinski definition) is 0. The van der Waals surface area contributed by atoms with Crippen LogP contribution in [0.25, 0.3) is 0 Å². The first-order valence-electron chi connectivity index (χ1n) is 12.2. The van der Waals surface area contributed by atoms with E-state index in [1.807, 2.05) is 78.3 Å². The minimum Gasteiger partial charge on any atom is -0.361 e. The van der Waals surface area contributed by atoms with E-state index in [9.17, 15) is 4.79 Å². The highest BCUT2D eigenvalue weighted by atomic mass is 16.5. The molecule has 0 saturated carbocycles. The number of allylic oxidation sites excluding steroid dienone is 1. The van der Waals surface area contributed by atoms with Crippen molar-refractivity contribution in [1.29, 1.82) is 0 Å². The van der Waals surface area contributed by atoms with Gasteiger partial charge < -0.3 is 4.52 Å². The fraction of sp³-hybridized carbons (Fsp3) is 0.250. The average molecular weight is 483 g/mol. The van der Waals surface area contributed by atoms with Crippen molar-refractivity contribution in [2.45, 2.75) is 46.8 Å². The number of amides is 2. The Morgan fingerprint density at radius 2 is 1.53 bits per heavy atom. The molecule has 0 spiro atoms. The molecule has 0 radical (unpaired) electrons. The van der Waals surface area contributed by atoms with Crippen molar-refractivity contribution in [2.24, 2.45) is 0 Å². The van der Waals surface area contributed by atoms with Gasteiger partial charge in [0.25, 0.3) is 0 Å². The second-order valence-electron chi connectivity index (χ2n) is 8.87. The fourth-order valence-corrected chi connectivity index (χ4v) is 4.45. The SMILES string of the molecule is CCC=C1N(c2cnn(Cc3c(C)noc3C)c2)C(=O)N(Cc2ccccc2)N1Cc1ccccc1. The van der Waals surface area contributed by atoms with Gasteiger partial charge in [-0.05, 0) is 37.5 Å². The molecule has 2 amide bonds. The third kappa shape index (κ3) is 4.62. The van der Waals surface area contributed by atoms with Gasteiger partial charge in [0.2, 0.25) is 0 Å². The topological polar surface area (TPSA) is 70.6 Å². The summed E-state index contributed by atoms with van der Waals surface area (Å²) in [4.78, 5) is 15.7. The van der Waals surface area contributed by atoms with Crippen LogP contribution < -0.4 is 4.90 Å². The Morgan fingerprint density at radius 3 is 2.11 bits per heavy atom. The van der Waals surface area contributed by atoms with Gasteiger partial charge >= 0.3 is 6.03 Å². The molecule has 8 nitrogen and oxygen atoms in total. The lowest BCUT2D eigenvalue weighted by Crippen LogP contribution is -2.37. The summed E-state index contributed by atoms with van der Waals surface area (Å²) in [7, 11) is 0. The molecule has 184 valence electrons. The molecule has 2 aromatic carbocycles. The lowest BCUT2D eigenvalue weighted by Gasteiger charge is -2.28. The molecule has 0 unspecified atom stereocenters. The van der Waals surface area contributed by atoms with Crippen LogP contribution in [0.2, 0.25) is 0 Å². The Hall–Kier alpha value is -4.33. The molecular formula is C28H30N6O2. The first-order valence-corrected chi connectivity index (χ1v) is 12.2. The Kier molecular flexibility index (Phi) is 6.58. The van der Waals surface area contributed by atoms with Crippen molar-refractivity contribution in [1.82, 2.24) is 25.0 Å². The van der Waals surface area contributed by atoms with Gasteiger partial charge in [-0.15, -0.1) is 0 Å². The summed E-state index contributed by atoms with van der Waals surface area (Å²) in [5.41, 5.74) is 4.76. The summed E-state index contributed by atoms with van der Waals surface area (Å²) in [6.45, 7) is 7.47. The maximum Gasteiger partial charge on any atom is 0.349 e. The van der Waals surface area contributed by atoms with E-state index in [0.29, 0.717) is 19.6 Å². The van der Waals surface area contributed by atoms with E-state index in [-0.39, 0.29) is 6.03 Å². The number of aryl methyl sites for hydroxylation is 2. The lowest BCUT2D eigenvalue weighted by molar-refractivity contribution is 0.0634. The molecule has 36 heavy (non-hydrogen) atoms. The zero-order valence-corrected chi connectivity index (χ0v) is 20.8. The lowest BCUT2D eigenvalue weighted by atomic mass is 10.2. The number of hydrogen-bond acceptors (Lipinski definition) is 5.